The minimum absolute atomic E-state index is 0.0425. The van der Waals surface area contributed by atoms with Crippen LogP contribution < -0.4 is 0 Å². The Hall–Kier alpha value is -1.03. The number of sulfone groups is 1. The molecule has 0 radical (unpaired) electrons. The number of halogens is 2. The number of benzene rings is 2. The Kier molecular flexibility index (Phi) is 7.52. The molecule has 0 N–H and O–H groups in total. The van der Waals surface area contributed by atoms with Gasteiger partial charge >= 0.3 is 0 Å². The molecule has 0 amide bonds. The van der Waals surface area contributed by atoms with Gasteiger partial charge < -0.3 is 0 Å². The molecule has 2 aromatic carbocycles. The van der Waals surface area contributed by atoms with E-state index in [1.54, 1.807) is 0 Å². The van der Waals surface area contributed by atoms with E-state index >= 15 is 0 Å². The maximum atomic E-state index is 12.7. The molecule has 0 heterocycles. The molecule has 2 rings (SSSR count). The minimum Gasteiger partial charge on any atom is -0.229 e. The molecule has 0 bridgehead atoms. The van der Waals surface area contributed by atoms with Gasteiger partial charge in [0.2, 0.25) is 0 Å². The number of alkyl halides is 2. The molecule has 2 atom stereocenters. The molecule has 29 heavy (non-hydrogen) atoms. The van der Waals surface area contributed by atoms with E-state index in [2.05, 4.69) is 41.5 Å². The molecule has 0 aliphatic rings. The highest BCUT2D eigenvalue weighted by atomic mass is 35.5. The van der Waals surface area contributed by atoms with Crippen molar-refractivity contribution in [2.75, 3.05) is 11.5 Å². The summed E-state index contributed by atoms with van der Waals surface area (Å²) in [5.74, 6) is -0.264. The normalized spacial score (nSPS) is 15.2. The lowest BCUT2D eigenvalue weighted by Gasteiger charge is -2.20. The average molecular weight is 455 g/mol. The van der Waals surface area contributed by atoms with Crippen LogP contribution in [0.25, 0.3) is 0 Å². The Morgan fingerprint density at radius 1 is 0.655 bits per heavy atom. The topological polar surface area (TPSA) is 34.1 Å². The quantitative estimate of drug-likeness (QED) is 0.442. The predicted molar refractivity (Wildman–Crippen MR) is 126 cm³/mol. The van der Waals surface area contributed by atoms with Crippen LogP contribution in [0.15, 0.2) is 48.5 Å². The van der Waals surface area contributed by atoms with Crippen molar-refractivity contribution in [2.24, 2.45) is 0 Å². The van der Waals surface area contributed by atoms with Gasteiger partial charge in [-0.25, -0.2) is 8.42 Å². The van der Waals surface area contributed by atoms with Crippen LogP contribution in [0.1, 0.15) is 74.6 Å². The Morgan fingerprint density at radius 2 is 0.931 bits per heavy atom. The van der Waals surface area contributed by atoms with Crippen molar-refractivity contribution in [1.82, 2.24) is 0 Å². The largest absolute Gasteiger partial charge is 0.229 e. The molecule has 0 saturated heterocycles. The maximum absolute atomic E-state index is 12.7. The second-order valence-electron chi connectivity index (χ2n) is 9.76. The van der Waals surface area contributed by atoms with Gasteiger partial charge in [-0.3, -0.25) is 0 Å². The zero-order valence-corrected chi connectivity index (χ0v) is 20.5. The van der Waals surface area contributed by atoms with E-state index in [1.165, 1.54) is 11.1 Å². The van der Waals surface area contributed by atoms with Crippen molar-refractivity contribution >= 4 is 33.0 Å². The summed E-state index contributed by atoms with van der Waals surface area (Å²) in [7, 11) is -3.42. The third-order valence-electron chi connectivity index (χ3n) is 5.08. The molecule has 0 fully saturated rings. The summed E-state index contributed by atoms with van der Waals surface area (Å²) in [6, 6.07) is 15.7. The molecule has 160 valence electrons. The van der Waals surface area contributed by atoms with E-state index < -0.39 is 20.6 Å². The zero-order chi connectivity index (χ0) is 22.0. The van der Waals surface area contributed by atoms with Crippen molar-refractivity contribution < 1.29 is 8.42 Å². The zero-order valence-electron chi connectivity index (χ0n) is 18.2. The van der Waals surface area contributed by atoms with Crippen LogP contribution in [0.5, 0.6) is 0 Å². The smallest absolute Gasteiger partial charge is 0.153 e. The molecule has 0 aliphatic heterocycles. The van der Waals surface area contributed by atoms with Crippen LogP contribution in [0, 0.1) is 0 Å². The third-order valence-corrected chi connectivity index (χ3v) is 7.94. The fourth-order valence-corrected chi connectivity index (χ4v) is 5.95. The molecular weight excluding hydrogens is 423 g/mol. The molecule has 0 aliphatic carbocycles. The van der Waals surface area contributed by atoms with E-state index in [4.69, 9.17) is 23.2 Å². The molecule has 2 aromatic rings. The fourth-order valence-electron chi connectivity index (χ4n) is 3.09. The summed E-state index contributed by atoms with van der Waals surface area (Å²) in [5, 5.41) is -1.19. The fraction of sp³-hybridized carbons (Fsp3) is 0.500. The number of hydrogen-bond acceptors (Lipinski definition) is 2. The van der Waals surface area contributed by atoms with Gasteiger partial charge in [0.05, 0.1) is 22.3 Å². The van der Waals surface area contributed by atoms with Crippen LogP contribution in [-0.2, 0) is 20.7 Å². The van der Waals surface area contributed by atoms with Gasteiger partial charge in [0.25, 0.3) is 0 Å². The Bertz CT molecular complexity index is 832. The summed E-state index contributed by atoms with van der Waals surface area (Å²) < 4.78 is 25.4. The van der Waals surface area contributed by atoms with Gasteiger partial charge in [-0.15, -0.1) is 23.2 Å². The molecule has 2 unspecified atom stereocenters. The Morgan fingerprint density at radius 3 is 1.17 bits per heavy atom. The van der Waals surface area contributed by atoms with Gasteiger partial charge in [-0.1, -0.05) is 90.1 Å². The summed E-state index contributed by atoms with van der Waals surface area (Å²) in [4.78, 5) is 0. The van der Waals surface area contributed by atoms with Crippen molar-refractivity contribution in [3.05, 3.63) is 70.8 Å². The van der Waals surface area contributed by atoms with E-state index in [0.717, 1.165) is 11.1 Å². The van der Waals surface area contributed by atoms with Crippen LogP contribution in [0.2, 0.25) is 0 Å². The molecule has 0 spiro atoms. The monoisotopic (exact) mass is 454 g/mol. The Balaban J connectivity index is 2.05. The molecule has 0 saturated carbocycles. The molecule has 2 nitrogen and oxygen atoms in total. The SMILES string of the molecule is CC(C)(C)c1ccc(C(Cl)CS(=O)(=O)CC(Cl)c2ccc(C(C)(C)C)cc2)cc1. The lowest BCUT2D eigenvalue weighted by molar-refractivity contribution is 0.588. The summed E-state index contributed by atoms with van der Waals surface area (Å²) in [5.41, 5.74) is 4.08. The van der Waals surface area contributed by atoms with Crippen molar-refractivity contribution in [1.29, 1.82) is 0 Å². The summed E-state index contributed by atoms with van der Waals surface area (Å²) in [6.45, 7) is 12.8. The highest BCUT2D eigenvalue weighted by Crippen LogP contribution is 2.30. The second kappa shape index (κ2) is 8.99. The van der Waals surface area contributed by atoms with Crippen molar-refractivity contribution in [3.63, 3.8) is 0 Å². The lowest BCUT2D eigenvalue weighted by Crippen LogP contribution is -2.18. The summed E-state index contributed by atoms with van der Waals surface area (Å²) >= 11 is 12.9. The van der Waals surface area contributed by atoms with E-state index in [1.807, 2.05) is 48.5 Å². The van der Waals surface area contributed by atoms with Gasteiger partial charge in [-0.2, -0.15) is 0 Å². The standard InChI is InChI=1S/C24H32Cl2O2S/c1-23(2,3)19-11-7-17(8-12-19)21(25)15-29(27,28)16-22(26)18-9-13-20(14-10-18)24(4,5)6/h7-14,21-22H,15-16H2,1-6H3. The van der Waals surface area contributed by atoms with Gasteiger partial charge in [0.15, 0.2) is 9.84 Å². The number of rotatable bonds is 6. The van der Waals surface area contributed by atoms with Crippen LogP contribution in [0.3, 0.4) is 0 Å². The second-order valence-corrected chi connectivity index (χ2v) is 13.0. The predicted octanol–water partition coefficient (Wildman–Crippen LogP) is 6.96. The molecule has 0 aromatic heterocycles. The van der Waals surface area contributed by atoms with E-state index in [9.17, 15) is 8.42 Å². The maximum Gasteiger partial charge on any atom is 0.153 e. The van der Waals surface area contributed by atoms with Crippen molar-refractivity contribution in [2.45, 2.75) is 63.1 Å². The average Bonchev–Trinajstić information content (AvgIpc) is 2.59. The first-order valence-corrected chi connectivity index (χ1v) is 12.6. The van der Waals surface area contributed by atoms with E-state index in [0.29, 0.717) is 0 Å². The summed E-state index contributed by atoms with van der Waals surface area (Å²) in [6.07, 6.45) is 0. The van der Waals surface area contributed by atoms with E-state index in [-0.39, 0.29) is 22.3 Å². The minimum atomic E-state index is -3.42. The number of hydrogen-bond donors (Lipinski definition) is 0. The van der Waals surface area contributed by atoms with Gasteiger partial charge in [0.1, 0.15) is 0 Å². The van der Waals surface area contributed by atoms with Crippen LogP contribution in [0.4, 0.5) is 0 Å². The lowest BCUT2D eigenvalue weighted by atomic mass is 9.86. The van der Waals surface area contributed by atoms with Gasteiger partial charge in [0, 0.05) is 0 Å². The first-order valence-electron chi connectivity index (χ1n) is 9.88. The third kappa shape index (κ3) is 7.01. The van der Waals surface area contributed by atoms with Gasteiger partial charge in [-0.05, 0) is 33.1 Å². The first kappa shape index (κ1) is 24.2. The molecular formula is C24H32Cl2O2S. The Labute approximate surface area is 186 Å². The highest BCUT2D eigenvalue weighted by molar-refractivity contribution is 7.91. The van der Waals surface area contributed by atoms with Crippen molar-refractivity contribution in [3.8, 4) is 0 Å². The van der Waals surface area contributed by atoms with Crippen LogP contribution >= 0.6 is 23.2 Å². The molecule has 5 heteroatoms. The highest BCUT2D eigenvalue weighted by Gasteiger charge is 2.24. The van der Waals surface area contributed by atoms with Crippen LogP contribution in [-0.4, -0.2) is 19.9 Å². The first-order chi connectivity index (χ1) is 13.2.